The standard InChI is InChI=1S/C24H32N4O2/c1-17-7-6-10-21(20(17)4)25-22(29)15-27-11-13-28(14-12-27)16-23(30)26-24-18(2)8-5-9-19(24)3/h5-10H,11-16H2,1-4H3,(H,25,29)(H,26,30)/p+2. The van der Waals surface area contributed by atoms with Crippen LogP contribution < -0.4 is 20.4 Å². The van der Waals surface area contributed by atoms with Gasteiger partial charge in [-0.15, -0.1) is 0 Å². The number of benzene rings is 2. The highest BCUT2D eigenvalue weighted by molar-refractivity contribution is 5.93. The second kappa shape index (κ2) is 9.87. The van der Waals surface area contributed by atoms with Crippen molar-refractivity contribution in [3.05, 3.63) is 58.7 Å². The number of amides is 2. The van der Waals surface area contributed by atoms with E-state index in [1.807, 2.05) is 51.1 Å². The van der Waals surface area contributed by atoms with E-state index in [-0.39, 0.29) is 11.8 Å². The first-order chi connectivity index (χ1) is 14.3. The molecule has 1 fully saturated rings. The number of aryl methyl sites for hydroxylation is 3. The summed E-state index contributed by atoms with van der Waals surface area (Å²) in [6.07, 6.45) is 0. The number of carbonyl (C=O) groups is 2. The van der Waals surface area contributed by atoms with E-state index in [0.29, 0.717) is 13.1 Å². The van der Waals surface area contributed by atoms with Crippen molar-refractivity contribution < 1.29 is 19.4 Å². The second-order valence-electron chi connectivity index (χ2n) is 8.46. The van der Waals surface area contributed by atoms with Gasteiger partial charge in [0.2, 0.25) is 0 Å². The van der Waals surface area contributed by atoms with Crippen LogP contribution in [-0.2, 0) is 9.59 Å². The molecule has 1 aliphatic heterocycles. The fourth-order valence-corrected chi connectivity index (χ4v) is 4.04. The van der Waals surface area contributed by atoms with Crippen molar-refractivity contribution in [2.24, 2.45) is 0 Å². The van der Waals surface area contributed by atoms with Gasteiger partial charge in [-0.05, 0) is 56.0 Å². The summed E-state index contributed by atoms with van der Waals surface area (Å²) in [5, 5.41) is 6.12. The zero-order chi connectivity index (χ0) is 21.7. The highest BCUT2D eigenvalue weighted by Gasteiger charge is 2.26. The molecule has 30 heavy (non-hydrogen) atoms. The molecule has 0 saturated carbocycles. The van der Waals surface area contributed by atoms with Crippen LogP contribution in [0.1, 0.15) is 22.3 Å². The van der Waals surface area contributed by atoms with E-state index in [2.05, 4.69) is 23.6 Å². The van der Waals surface area contributed by atoms with Crippen molar-refractivity contribution in [2.45, 2.75) is 27.7 Å². The monoisotopic (exact) mass is 410 g/mol. The summed E-state index contributed by atoms with van der Waals surface area (Å²) in [6.45, 7) is 12.6. The number of carbonyl (C=O) groups excluding carboxylic acids is 2. The van der Waals surface area contributed by atoms with Crippen molar-refractivity contribution in [2.75, 3.05) is 49.9 Å². The fraction of sp³-hybridized carbons (Fsp3) is 0.417. The van der Waals surface area contributed by atoms with Gasteiger partial charge in [-0.2, -0.15) is 0 Å². The van der Waals surface area contributed by atoms with Crippen LogP contribution in [0.2, 0.25) is 0 Å². The SMILES string of the molecule is Cc1cccc(NC(=O)C[NH+]2CC[NH+](CC(=O)Nc3c(C)cccc3C)CC2)c1C. The van der Waals surface area contributed by atoms with E-state index in [0.717, 1.165) is 54.2 Å². The summed E-state index contributed by atoms with van der Waals surface area (Å²) >= 11 is 0. The largest absolute Gasteiger partial charge is 0.321 e. The van der Waals surface area contributed by atoms with Crippen molar-refractivity contribution in [3.63, 3.8) is 0 Å². The lowest BCUT2D eigenvalue weighted by molar-refractivity contribution is -1.00. The third-order valence-electron chi connectivity index (χ3n) is 6.11. The van der Waals surface area contributed by atoms with Gasteiger partial charge >= 0.3 is 0 Å². The Kier molecular flexibility index (Phi) is 7.24. The number of rotatable bonds is 6. The lowest BCUT2D eigenvalue weighted by Gasteiger charge is -2.29. The summed E-state index contributed by atoms with van der Waals surface area (Å²) < 4.78 is 0. The highest BCUT2D eigenvalue weighted by Crippen LogP contribution is 2.19. The zero-order valence-corrected chi connectivity index (χ0v) is 18.5. The Bertz CT molecular complexity index is 897. The Hall–Kier alpha value is -2.70. The van der Waals surface area contributed by atoms with Crippen LogP contribution in [0.4, 0.5) is 11.4 Å². The number of hydrogen-bond acceptors (Lipinski definition) is 2. The van der Waals surface area contributed by atoms with Gasteiger partial charge < -0.3 is 20.4 Å². The normalized spacial score (nSPS) is 18.7. The molecule has 0 aliphatic carbocycles. The number of hydrogen-bond donors (Lipinski definition) is 4. The van der Waals surface area contributed by atoms with Gasteiger partial charge in [0.15, 0.2) is 13.1 Å². The van der Waals surface area contributed by atoms with E-state index < -0.39 is 0 Å². The molecule has 160 valence electrons. The third kappa shape index (κ3) is 5.68. The number of anilines is 2. The van der Waals surface area contributed by atoms with Gasteiger partial charge in [0, 0.05) is 11.4 Å². The number of piperazine rings is 1. The van der Waals surface area contributed by atoms with Gasteiger partial charge in [-0.3, -0.25) is 9.59 Å². The molecule has 0 aromatic heterocycles. The Labute approximate surface area is 179 Å². The lowest BCUT2D eigenvalue weighted by Crippen LogP contribution is -3.28. The van der Waals surface area contributed by atoms with Crippen LogP contribution in [-0.4, -0.2) is 51.1 Å². The topological polar surface area (TPSA) is 67.1 Å². The maximum atomic E-state index is 12.5. The molecule has 1 heterocycles. The smallest absolute Gasteiger partial charge is 0.279 e. The maximum Gasteiger partial charge on any atom is 0.279 e. The molecule has 3 rings (SSSR count). The van der Waals surface area contributed by atoms with Crippen LogP contribution in [0, 0.1) is 27.7 Å². The first-order valence-electron chi connectivity index (χ1n) is 10.7. The number of para-hydroxylation sites is 1. The molecule has 2 aromatic carbocycles. The Morgan fingerprint density at radius 1 is 0.733 bits per heavy atom. The summed E-state index contributed by atoms with van der Waals surface area (Å²) in [5.41, 5.74) is 6.28. The van der Waals surface area contributed by atoms with Crippen LogP contribution in [0.25, 0.3) is 0 Å². The molecule has 0 unspecified atom stereocenters. The van der Waals surface area contributed by atoms with E-state index in [1.165, 1.54) is 15.4 Å². The summed E-state index contributed by atoms with van der Waals surface area (Å²) in [4.78, 5) is 27.5. The van der Waals surface area contributed by atoms with Crippen LogP contribution in [0.5, 0.6) is 0 Å². The minimum absolute atomic E-state index is 0.0509. The molecule has 1 saturated heterocycles. The fourth-order valence-electron chi connectivity index (χ4n) is 4.04. The summed E-state index contributed by atoms with van der Waals surface area (Å²) in [7, 11) is 0. The molecule has 0 atom stereocenters. The van der Waals surface area contributed by atoms with Crippen LogP contribution >= 0.6 is 0 Å². The summed E-state index contributed by atoms with van der Waals surface area (Å²) in [6, 6.07) is 12.0. The molecule has 1 aliphatic rings. The zero-order valence-electron chi connectivity index (χ0n) is 18.5. The van der Waals surface area contributed by atoms with Crippen molar-refractivity contribution in [3.8, 4) is 0 Å². The molecular weight excluding hydrogens is 376 g/mol. The predicted molar refractivity (Wildman–Crippen MR) is 120 cm³/mol. The van der Waals surface area contributed by atoms with Gasteiger partial charge in [-0.25, -0.2) is 0 Å². The van der Waals surface area contributed by atoms with Gasteiger partial charge in [0.05, 0.1) is 0 Å². The number of nitrogens with one attached hydrogen (secondary N) is 4. The average Bonchev–Trinajstić information content (AvgIpc) is 2.70. The van der Waals surface area contributed by atoms with Gasteiger partial charge in [0.25, 0.3) is 11.8 Å². The Morgan fingerprint density at radius 2 is 1.20 bits per heavy atom. The van der Waals surface area contributed by atoms with Crippen molar-refractivity contribution in [1.29, 1.82) is 0 Å². The Balaban J connectivity index is 1.44. The lowest BCUT2D eigenvalue weighted by atomic mass is 10.1. The molecule has 0 spiro atoms. The van der Waals surface area contributed by atoms with Gasteiger partial charge in [0.1, 0.15) is 26.2 Å². The number of quaternary nitrogens is 2. The molecule has 0 radical (unpaired) electrons. The molecule has 4 N–H and O–H groups in total. The first kappa shape index (κ1) is 22.0. The first-order valence-corrected chi connectivity index (χ1v) is 10.7. The molecule has 6 nitrogen and oxygen atoms in total. The maximum absolute atomic E-state index is 12.5. The predicted octanol–water partition coefficient (Wildman–Crippen LogP) is 0.281. The third-order valence-corrected chi connectivity index (χ3v) is 6.11. The molecular formula is C24H34N4O2+2. The second-order valence-corrected chi connectivity index (χ2v) is 8.46. The van der Waals surface area contributed by atoms with E-state index >= 15 is 0 Å². The quantitative estimate of drug-likeness (QED) is 0.553. The summed E-state index contributed by atoms with van der Waals surface area (Å²) in [5.74, 6) is 0.105. The van der Waals surface area contributed by atoms with Crippen molar-refractivity contribution in [1.82, 2.24) is 0 Å². The minimum Gasteiger partial charge on any atom is -0.321 e. The molecule has 2 aromatic rings. The van der Waals surface area contributed by atoms with Gasteiger partial charge in [-0.1, -0.05) is 30.3 Å². The Morgan fingerprint density at radius 3 is 1.77 bits per heavy atom. The molecule has 2 amide bonds. The van der Waals surface area contributed by atoms with E-state index in [1.54, 1.807) is 0 Å². The van der Waals surface area contributed by atoms with Crippen LogP contribution in [0.3, 0.4) is 0 Å². The average molecular weight is 411 g/mol. The highest BCUT2D eigenvalue weighted by atomic mass is 16.2. The van der Waals surface area contributed by atoms with Crippen LogP contribution in [0.15, 0.2) is 36.4 Å². The minimum atomic E-state index is 0.0509. The van der Waals surface area contributed by atoms with E-state index in [9.17, 15) is 9.59 Å². The van der Waals surface area contributed by atoms with E-state index in [4.69, 9.17) is 0 Å². The molecule has 6 heteroatoms. The van der Waals surface area contributed by atoms with Crippen molar-refractivity contribution >= 4 is 23.2 Å². The molecule has 0 bridgehead atoms.